The molecule has 2 unspecified atom stereocenters. The van der Waals surface area contributed by atoms with Gasteiger partial charge in [0.15, 0.2) is 0 Å². The van der Waals surface area contributed by atoms with E-state index in [2.05, 4.69) is 48.8 Å². The minimum Gasteiger partial charge on any atom is -0.317 e. The molecule has 0 fully saturated rings. The number of likely N-dealkylation sites (N-methyl/N-ethyl adjacent to an activating group) is 1. The van der Waals surface area contributed by atoms with Gasteiger partial charge in [-0.15, -0.1) is 0 Å². The molecular weight excluding hydrogens is 266 g/mol. The highest BCUT2D eigenvalue weighted by molar-refractivity contribution is 6.30. The maximum Gasteiger partial charge on any atom is 0.0408 e. The Morgan fingerprint density at radius 2 is 2.05 bits per heavy atom. The largest absolute Gasteiger partial charge is 0.317 e. The lowest BCUT2D eigenvalue weighted by Gasteiger charge is -2.33. The van der Waals surface area contributed by atoms with Crippen LogP contribution in [0.5, 0.6) is 0 Å². The molecule has 0 bridgehead atoms. The van der Waals surface area contributed by atoms with Crippen LogP contribution in [-0.4, -0.2) is 13.1 Å². The van der Waals surface area contributed by atoms with Crippen molar-refractivity contribution in [3.05, 3.63) is 70.2 Å². The van der Waals surface area contributed by atoms with E-state index < -0.39 is 0 Å². The molecule has 3 rings (SSSR count). The Morgan fingerprint density at radius 1 is 1.20 bits per heavy atom. The number of hydrogen-bond acceptors (Lipinski definition) is 1. The fraction of sp³-hybridized carbons (Fsp3) is 0.333. The summed E-state index contributed by atoms with van der Waals surface area (Å²) < 4.78 is 0. The molecule has 2 atom stereocenters. The van der Waals surface area contributed by atoms with Crippen molar-refractivity contribution in [2.75, 3.05) is 7.05 Å². The molecule has 0 aromatic heterocycles. The molecule has 2 aromatic rings. The van der Waals surface area contributed by atoms with Crippen molar-refractivity contribution in [1.29, 1.82) is 0 Å². The van der Waals surface area contributed by atoms with E-state index in [1.807, 2.05) is 12.1 Å². The van der Waals surface area contributed by atoms with Gasteiger partial charge in [0.1, 0.15) is 0 Å². The molecule has 1 aliphatic carbocycles. The van der Waals surface area contributed by atoms with Crippen LogP contribution in [0.3, 0.4) is 0 Å². The van der Waals surface area contributed by atoms with Crippen LogP contribution in [-0.2, 0) is 12.8 Å². The fourth-order valence-electron chi connectivity index (χ4n) is 3.17. The molecule has 1 N–H and O–H groups in total. The van der Waals surface area contributed by atoms with Crippen molar-refractivity contribution in [3.8, 4) is 0 Å². The molecule has 0 amide bonds. The first-order valence-corrected chi connectivity index (χ1v) is 7.63. The van der Waals surface area contributed by atoms with E-state index in [1.54, 1.807) is 5.56 Å². The number of benzene rings is 2. The van der Waals surface area contributed by atoms with E-state index in [0.717, 1.165) is 11.4 Å². The van der Waals surface area contributed by atoms with Gasteiger partial charge in [0.05, 0.1) is 0 Å². The van der Waals surface area contributed by atoms with Crippen LogP contribution in [0.1, 0.15) is 29.0 Å². The normalized spacial score (nSPS) is 18.2. The average Bonchev–Trinajstić information content (AvgIpc) is 2.43. The third kappa shape index (κ3) is 2.89. The lowest BCUT2D eigenvalue weighted by molar-refractivity contribution is 0.438. The SMILES string of the molecule is CNC(Cc1cccc(Cl)c1)CC1Cc2ccccc21. The molecule has 1 aliphatic rings. The molecule has 2 heteroatoms. The van der Waals surface area contributed by atoms with Crippen molar-refractivity contribution in [2.45, 2.75) is 31.2 Å². The second kappa shape index (κ2) is 5.99. The van der Waals surface area contributed by atoms with Crippen molar-refractivity contribution in [1.82, 2.24) is 5.32 Å². The van der Waals surface area contributed by atoms with E-state index in [4.69, 9.17) is 11.6 Å². The Bertz CT molecular complexity index is 593. The summed E-state index contributed by atoms with van der Waals surface area (Å²) in [6, 6.07) is 17.5. The predicted molar refractivity (Wildman–Crippen MR) is 85.5 cm³/mol. The maximum absolute atomic E-state index is 6.06. The summed E-state index contributed by atoms with van der Waals surface area (Å²) in [7, 11) is 2.06. The van der Waals surface area contributed by atoms with Gasteiger partial charge in [-0.1, -0.05) is 48.0 Å². The van der Waals surface area contributed by atoms with Gasteiger partial charge in [-0.25, -0.2) is 0 Å². The fourth-order valence-corrected chi connectivity index (χ4v) is 3.38. The molecule has 1 nitrogen and oxygen atoms in total. The Hall–Kier alpha value is -1.31. The second-order valence-electron chi connectivity index (χ2n) is 5.66. The van der Waals surface area contributed by atoms with Crippen molar-refractivity contribution >= 4 is 11.6 Å². The zero-order chi connectivity index (χ0) is 13.9. The number of rotatable bonds is 5. The van der Waals surface area contributed by atoms with Gasteiger partial charge in [0.25, 0.3) is 0 Å². The highest BCUT2D eigenvalue weighted by Crippen LogP contribution is 2.38. The summed E-state index contributed by atoms with van der Waals surface area (Å²) in [5.74, 6) is 0.711. The highest BCUT2D eigenvalue weighted by atomic mass is 35.5. The van der Waals surface area contributed by atoms with E-state index >= 15 is 0 Å². The van der Waals surface area contributed by atoms with Gasteiger partial charge < -0.3 is 5.32 Å². The van der Waals surface area contributed by atoms with Gasteiger partial charge in [0.2, 0.25) is 0 Å². The Balaban J connectivity index is 1.64. The monoisotopic (exact) mass is 285 g/mol. The summed E-state index contributed by atoms with van der Waals surface area (Å²) in [6.45, 7) is 0. The highest BCUT2D eigenvalue weighted by Gasteiger charge is 2.27. The molecule has 0 saturated carbocycles. The molecule has 0 radical (unpaired) electrons. The predicted octanol–water partition coefficient (Wildman–Crippen LogP) is 4.20. The van der Waals surface area contributed by atoms with Crippen molar-refractivity contribution < 1.29 is 0 Å². The second-order valence-corrected chi connectivity index (χ2v) is 6.09. The summed E-state index contributed by atoms with van der Waals surface area (Å²) in [4.78, 5) is 0. The first kappa shape index (κ1) is 13.7. The zero-order valence-electron chi connectivity index (χ0n) is 11.8. The zero-order valence-corrected chi connectivity index (χ0v) is 12.5. The molecule has 2 aromatic carbocycles. The maximum atomic E-state index is 6.06. The van der Waals surface area contributed by atoms with Crippen molar-refractivity contribution in [3.63, 3.8) is 0 Å². The smallest absolute Gasteiger partial charge is 0.0408 e. The Labute approximate surface area is 126 Å². The standard InChI is InChI=1S/C18H20ClN/c1-20-17(10-13-5-4-7-16(19)9-13)12-15-11-14-6-2-3-8-18(14)15/h2-9,15,17,20H,10-12H2,1H3. The quantitative estimate of drug-likeness (QED) is 0.868. The molecular formula is C18H20ClN. The minimum absolute atomic E-state index is 0.506. The molecule has 0 spiro atoms. The van der Waals surface area contributed by atoms with Gasteiger partial charge in [0, 0.05) is 11.1 Å². The number of fused-ring (bicyclic) bond motifs is 1. The molecule has 104 valence electrons. The van der Waals surface area contributed by atoms with E-state index in [-0.39, 0.29) is 0 Å². The number of hydrogen-bond donors (Lipinski definition) is 1. The summed E-state index contributed by atoms with van der Waals surface area (Å²) in [5.41, 5.74) is 4.37. The Kier molecular flexibility index (Phi) is 4.09. The summed E-state index contributed by atoms with van der Waals surface area (Å²) in [5, 5.41) is 4.28. The third-order valence-corrected chi connectivity index (χ3v) is 4.54. The first-order chi connectivity index (χ1) is 9.76. The van der Waals surface area contributed by atoms with Crippen LogP contribution >= 0.6 is 11.6 Å². The minimum atomic E-state index is 0.506. The van der Waals surface area contributed by atoms with Crippen LogP contribution in [0.15, 0.2) is 48.5 Å². The van der Waals surface area contributed by atoms with Gasteiger partial charge in [-0.2, -0.15) is 0 Å². The lowest BCUT2D eigenvalue weighted by Crippen LogP contribution is -2.32. The average molecular weight is 286 g/mol. The van der Waals surface area contributed by atoms with Crippen molar-refractivity contribution in [2.24, 2.45) is 0 Å². The van der Waals surface area contributed by atoms with Crippen LogP contribution in [0.2, 0.25) is 5.02 Å². The van der Waals surface area contributed by atoms with E-state index in [0.29, 0.717) is 12.0 Å². The van der Waals surface area contributed by atoms with Crippen LogP contribution < -0.4 is 5.32 Å². The molecule has 0 heterocycles. The Morgan fingerprint density at radius 3 is 2.80 bits per heavy atom. The topological polar surface area (TPSA) is 12.0 Å². The molecule has 0 aliphatic heterocycles. The lowest BCUT2D eigenvalue weighted by atomic mass is 9.74. The first-order valence-electron chi connectivity index (χ1n) is 7.26. The third-order valence-electron chi connectivity index (χ3n) is 4.31. The van der Waals surface area contributed by atoms with Gasteiger partial charge >= 0.3 is 0 Å². The van der Waals surface area contributed by atoms with Gasteiger partial charge in [-0.3, -0.25) is 0 Å². The summed E-state index contributed by atoms with van der Waals surface area (Å²) in [6.07, 6.45) is 3.46. The van der Waals surface area contributed by atoms with E-state index in [1.165, 1.54) is 24.0 Å². The molecule has 20 heavy (non-hydrogen) atoms. The summed E-state index contributed by atoms with van der Waals surface area (Å²) >= 11 is 6.06. The van der Waals surface area contributed by atoms with E-state index in [9.17, 15) is 0 Å². The molecule has 0 saturated heterocycles. The number of halogens is 1. The van der Waals surface area contributed by atoms with Crippen LogP contribution in [0, 0.1) is 0 Å². The van der Waals surface area contributed by atoms with Gasteiger partial charge in [-0.05, 0) is 61.1 Å². The number of nitrogens with one attached hydrogen (secondary N) is 1. The van der Waals surface area contributed by atoms with Crippen LogP contribution in [0.25, 0.3) is 0 Å². The van der Waals surface area contributed by atoms with Crippen LogP contribution in [0.4, 0.5) is 0 Å².